The van der Waals surface area contributed by atoms with E-state index in [4.69, 9.17) is 0 Å². The van der Waals surface area contributed by atoms with Gasteiger partial charge in [0.2, 0.25) is 5.91 Å². The van der Waals surface area contributed by atoms with Gasteiger partial charge in [-0.3, -0.25) is 4.79 Å². The van der Waals surface area contributed by atoms with Gasteiger partial charge in [0, 0.05) is 13.1 Å². The zero-order valence-electron chi connectivity index (χ0n) is 5.89. The SMILES string of the molecule is O=C1NCC2C(=O)NCC2N1. The molecular weight excluding hydrogens is 146 g/mol. The average Bonchev–Trinajstić information content (AvgIpc) is 2.32. The van der Waals surface area contributed by atoms with Crippen molar-refractivity contribution >= 4 is 11.9 Å². The highest BCUT2D eigenvalue weighted by molar-refractivity contribution is 5.86. The second kappa shape index (κ2) is 2.11. The Balaban J connectivity index is 2.11. The third-order valence-corrected chi connectivity index (χ3v) is 2.12. The van der Waals surface area contributed by atoms with E-state index in [0.29, 0.717) is 13.1 Å². The maximum atomic E-state index is 11.0. The Hall–Kier alpha value is -1.26. The highest BCUT2D eigenvalue weighted by atomic mass is 16.2. The zero-order chi connectivity index (χ0) is 7.84. The minimum atomic E-state index is -0.178. The van der Waals surface area contributed by atoms with Crippen LogP contribution in [0.25, 0.3) is 0 Å². The number of amides is 3. The molecule has 3 N–H and O–H groups in total. The Morgan fingerprint density at radius 1 is 1.18 bits per heavy atom. The molecule has 60 valence electrons. The number of nitrogens with one attached hydrogen (secondary N) is 3. The molecule has 2 saturated heterocycles. The van der Waals surface area contributed by atoms with Gasteiger partial charge in [-0.05, 0) is 0 Å². The van der Waals surface area contributed by atoms with Crippen LogP contribution >= 0.6 is 0 Å². The lowest BCUT2D eigenvalue weighted by Crippen LogP contribution is -2.55. The van der Waals surface area contributed by atoms with Crippen LogP contribution < -0.4 is 16.0 Å². The number of carbonyl (C=O) groups is 2. The standard InChI is InChI=1S/C6H9N3O2/c10-5-3-1-8-6(11)9-4(3)2-7-5/h3-4H,1-2H2,(H,7,10)(H2,8,9,11). The monoisotopic (exact) mass is 155 g/mol. The average molecular weight is 155 g/mol. The smallest absolute Gasteiger partial charge is 0.315 e. The summed E-state index contributed by atoms with van der Waals surface area (Å²) < 4.78 is 0. The number of fused-ring (bicyclic) bond motifs is 1. The van der Waals surface area contributed by atoms with Gasteiger partial charge in [-0.25, -0.2) is 4.79 Å². The molecule has 2 aliphatic heterocycles. The van der Waals surface area contributed by atoms with Crippen molar-refractivity contribution in [2.24, 2.45) is 5.92 Å². The molecule has 0 aromatic rings. The summed E-state index contributed by atoms with van der Waals surface area (Å²) in [5, 5.41) is 7.94. The molecule has 2 rings (SSSR count). The largest absolute Gasteiger partial charge is 0.354 e. The molecule has 0 radical (unpaired) electrons. The fourth-order valence-electron chi connectivity index (χ4n) is 1.48. The summed E-state index contributed by atoms with van der Waals surface area (Å²) >= 11 is 0. The van der Waals surface area contributed by atoms with Crippen LogP contribution in [0.2, 0.25) is 0 Å². The van der Waals surface area contributed by atoms with Crippen molar-refractivity contribution < 1.29 is 9.59 Å². The summed E-state index contributed by atoms with van der Waals surface area (Å²) in [6, 6.07) is -0.181. The van der Waals surface area contributed by atoms with E-state index in [1.807, 2.05) is 0 Å². The molecule has 11 heavy (non-hydrogen) atoms. The molecule has 0 aliphatic carbocycles. The van der Waals surface area contributed by atoms with E-state index in [2.05, 4.69) is 16.0 Å². The molecule has 5 heteroatoms. The van der Waals surface area contributed by atoms with Crippen molar-refractivity contribution in [3.05, 3.63) is 0 Å². The van der Waals surface area contributed by atoms with Gasteiger partial charge in [-0.15, -0.1) is 0 Å². The zero-order valence-corrected chi connectivity index (χ0v) is 5.89. The number of carbonyl (C=O) groups excluding carboxylic acids is 2. The number of rotatable bonds is 0. The number of hydrogen-bond acceptors (Lipinski definition) is 2. The summed E-state index contributed by atoms with van der Waals surface area (Å²) in [4.78, 5) is 21.8. The summed E-state index contributed by atoms with van der Waals surface area (Å²) in [5.41, 5.74) is 0. The summed E-state index contributed by atoms with van der Waals surface area (Å²) in [5.74, 6) is -0.0461. The second-order valence-corrected chi connectivity index (χ2v) is 2.81. The summed E-state index contributed by atoms with van der Waals surface area (Å²) in [7, 11) is 0. The Morgan fingerprint density at radius 3 is 2.82 bits per heavy atom. The Kier molecular flexibility index (Phi) is 1.24. The van der Waals surface area contributed by atoms with E-state index in [9.17, 15) is 9.59 Å². The van der Waals surface area contributed by atoms with Crippen LogP contribution in [0.4, 0.5) is 4.79 Å². The Morgan fingerprint density at radius 2 is 2.00 bits per heavy atom. The molecule has 5 nitrogen and oxygen atoms in total. The lowest BCUT2D eigenvalue weighted by atomic mass is 10.0. The first-order valence-electron chi connectivity index (χ1n) is 3.59. The molecule has 0 aromatic heterocycles. The van der Waals surface area contributed by atoms with E-state index >= 15 is 0 Å². The predicted octanol–water partition coefficient (Wildman–Crippen LogP) is -1.59. The van der Waals surface area contributed by atoms with Gasteiger partial charge in [-0.2, -0.15) is 0 Å². The van der Waals surface area contributed by atoms with Gasteiger partial charge in [0.25, 0.3) is 0 Å². The van der Waals surface area contributed by atoms with Gasteiger partial charge in [0.1, 0.15) is 0 Å². The van der Waals surface area contributed by atoms with E-state index in [1.54, 1.807) is 0 Å². The first-order valence-corrected chi connectivity index (χ1v) is 3.59. The molecule has 2 atom stereocenters. The van der Waals surface area contributed by atoms with Crippen molar-refractivity contribution in [1.29, 1.82) is 0 Å². The highest BCUT2D eigenvalue weighted by Gasteiger charge is 2.38. The lowest BCUT2D eigenvalue weighted by Gasteiger charge is -2.24. The predicted molar refractivity (Wildman–Crippen MR) is 36.8 cm³/mol. The second-order valence-electron chi connectivity index (χ2n) is 2.81. The lowest BCUT2D eigenvalue weighted by molar-refractivity contribution is -0.122. The fraction of sp³-hybridized carbons (Fsp3) is 0.667. The van der Waals surface area contributed by atoms with E-state index in [0.717, 1.165) is 0 Å². The van der Waals surface area contributed by atoms with Crippen molar-refractivity contribution in [2.75, 3.05) is 13.1 Å². The topological polar surface area (TPSA) is 70.2 Å². The summed E-state index contributed by atoms with van der Waals surface area (Å²) in [6.45, 7) is 1.03. The minimum Gasteiger partial charge on any atom is -0.354 e. The van der Waals surface area contributed by atoms with Crippen molar-refractivity contribution in [3.63, 3.8) is 0 Å². The first-order chi connectivity index (χ1) is 5.27. The van der Waals surface area contributed by atoms with Gasteiger partial charge in [0.05, 0.1) is 12.0 Å². The quantitative estimate of drug-likeness (QED) is 0.395. The van der Waals surface area contributed by atoms with Crippen LogP contribution in [-0.2, 0) is 4.79 Å². The van der Waals surface area contributed by atoms with Crippen LogP contribution in [0.15, 0.2) is 0 Å². The van der Waals surface area contributed by atoms with Crippen LogP contribution in [0, 0.1) is 5.92 Å². The first kappa shape index (κ1) is 6.45. The highest BCUT2D eigenvalue weighted by Crippen LogP contribution is 2.11. The number of urea groups is 1. The minimum absolute atomic E-state index is 0.00347. The molecular formula is C6H9N3O2. The Bertz CT molecular complexity index is 216. The molecule has 0 saturated carbocycles. The van der Waals surface area contributed by atoms with Gasteiger partial charge in [-0.1, -0.05) is 0 Å². The Labute approximate surface area is 63.5 Å². The molecule has 0 bridgehead atoms. The molecule has 0 aromatic carbocycles. The van der Waals surface area contributed by atoms with Crippen molar-refractivity contribution in [2.45, 2.75) is 6.04 Å². The van der Waals surface area contributed by atoms with Crippen LogP contribution in [-0.4, -0.2) is 31.1 Å². The van der Waals surface area contributed by atoms with Crippen molar-refractivity contribution in [1.82, 2.24) is 16.0 Å². The third-order valence-electron chi connectivity index (χ3n) is 2.12. The van der Waals surface area contributed by atoms with Crippen LogP contribution in [0.5, 0.6) is 0 Å². The van der Waals surface area contributed by atoms with Crippen LogP contribution in [0.3, 0.4) is 0 Å². The maximum Gasteiger partial charge on any atom is 0.315 e. The van der Waals surface area contributed by atoms with E-state index in [-0.39, 0.29) is 23.9 Å². The van der Waals surface area contributed by atoms with E-state index < -0.39 is 0 Å². The maximum absolute atomic E-state index is 11.0. The normalized spacial score (nSPS) is 35.3. The molecule has 2 fully saturated rings. The van der Waals surface area contributed by atoms with E-state index in [1.165, 1.54) is 0 Å². The third kappa shape index (κ3) is 0.923. The molecule has 0 spiro atoms. The molecule has 2 unspecified atom stereocenters. The van der Waals surface area contributed by atoms with Gasteiger partial charge >= 0.3 is 6.03 Å². The summed E-state index contributed by atoms with van der Waals surface area (Å²) in [6.07, 6.45) is 0. The van der Waals surface area contributed by atoms with Crippen LogP contribution in [0.1, 0.15) is 0 Å². The van der Waals surface area contributed by atoms with Gasteiger partial charge in [0.15, 0.2) is 0 Å². The van der Waals surface area contributed by atoms with Gasteiger partial charge < -0.3 is 16.0 Å². The van der Waals surface area contributed by atoms with Crippen molar-refractivity contribution in [3.8, 4) is 0 Å². The fourth-order valence-corrected chi connectivity index (χ4v) is 1.48. The molecule has 3 amide bonds. The number of hydrogen-bond donors (Lipinski definition) is 3. The molecule has 2 aliphatic rings. The molecule has 2 heterocycles.